The summed E-state index contributed by atoms with van der Waals surface area (Å²) >= 11 is 0. The SMILES string of the molecule is C=CCN1CC[C@]23c4c5ccc(O)c4O[C@H]2C(=O)CC[C@@]3(O)[C@H]1C5.CC(C)=CC1C(C(=O)OCc2cccc(Oc3ccccc3)c2)C1(C)C.O=C1c2c(O)cccc2Cc2cccc(O)c21. The van der Waals surface area contributed by atoms with Gasteiger partial charge in [-0.2, -0.15) is 0 Å². The summed E-state index contributed by atoms with van der Waals surface area (Å²) in [6.45, 7) is 14.0. The Labute approximate surface area is 391 Å². The van der Waals surface area contributed by atoms with Gasteiger partial charge in [-0.25, -0.2) is 0 Å². The first kappa shape index (κ1) is 45.5. The van der Waals surface area contributed by atoms with Gasteiger partial charge in [0.1, 0.15) is 29.6 Å². The molecule has 0 amide bonds. The molecule has 11 rings (SSSR count). The number of fused-ring (bicyclic) bond motifs is 2. The number of aromatic hydroxyl groups is 3. The number of piperidine rings is 1. The molecule has 3 fully saturated rings. The van der Waals surface area contributed by atoms with Gasteiger partial charge in [-0.15, -0.1) is 6.58 Å². The first-order valence-corrected chi connectivity index (χ1v) is 23.0. The summed E-state index contributed by atoms with van der Waals surface area (Å²) in [6.07, 6.45) is 6.08. The van der Waals surface area contributed by atoms with Crippen LogP contribution in [0.4, 0.5) is 0 Å². The normalized spacial score (nSPS) is 25.2. The summed E-state index contributed by atoms with van der Waals surface area (Å²) in [4.78, 5) is 39.6. The number of aliphatic hydroxyl groups is 1. The molecule has 2 aliphatic heterocycles. The van der Waals surface area contributed by atoms with Crippen LogP contribution in [0.15, 0.2) is 127 Å². The van der Waals surface area contributed by atoms with Gasteiger partial charge in [0.25, 0.3) is 0 Å². The van der Waals surface area contributed by atoms with E-state index in [1.807, 2.05) is 78.9 Å². The largest absolute Gasteiger partial charge is 0.507 e. The number of carbonyl (C=O) groups is 3. The number of rotatable bonds is 8. The molecule has 67 heavy (non-hydrogen) atoms. The van der Waals surface area contributed by atoms with Crippen molar-refractivity contribution in [1.82, 2.24) is 4.90 Å². The summed E-state index contributed by atoms with van der Waals surface area (Å²) in [5.41, 5.74) is 4.61. The predicted octanol–water partition coefficient (Wildman–Crippen LogP) is 9.29. The van der Waals surface area contributed by atoms with Crippen molar-refractivity contribution in [3.8, 4) is 34.5 Å². The quantitative estimate of drug-likeness (QED) is 0.0851. The average molecular weight is 904 g/mol. The van der Waals surface area contributed by atoms with Gasteiger partial charge in [0.2, 0.25) is 5.78 Å². The van der Waals surface area contributed by atoms with Crippen molar-refractivity contribution in [3.63, 3.8) is 0 Å². The smallest absolute Gasteiger partial charge is 0.310 e. The van der Waals surface area contributed by atoms with Gasteiger partial charge in [0, 0.05) is 31.1 Å². The number of allylic oxidation sites excluding steroid dienone is 2. The average Bonchev–Trinajstić information content (AvgIpc) is 3.62. The van der Waals surface area contributed by atoms with E-state index in [1.54, 1.807) is 18.2 Å². The molecule has 1 spiro atoms. The molecule has 6 atom stereocenters. The molecule has 0 aromatic heterocycles. The van der Waals surface area contributed by atoms with E-state index < -0.39 is 17.1 Å². The Kier molecular flexibility index (Phi) is 11.9. The number of likely N-dealkylation sites (tertiary alicyclic amines) is 1. The Bertz CT molecular complexity index is 2760. The number of hydrogen-bond donors (Lipinski definition) is 4. The van der Waals surface area contributed by atoms with Crippen LogP contribution in [-0.2, 0) is 39.2 Å². The topological polar surface area (TPSA) is 163 Å². The van der Waals surface area contributed by atoms with Gasteiger partial charge in [0.05, 0.1) is 28.1 Å². The lowest BCUT2D eigenvalue weighted by atomic mass is 9.49. The highest BCUT2D eigenvalue weighted by Gasteiger charge is 2.73. The van der Waals surface area contributed by atoms with Crippen molar-refractivity contribution in [1.29, 1.82) is 0 Å². The number of ketones is 2. The Morgan fingerprint density at radius 3 is 2.18 bits per heavy atom. The van der Waals surface area contributed by atoms with Crippen molar-refractivity contribution in [2.45, 2.75) is 89.6 Å². The lowest BCUT2D eigenvalue weighted by molar-refractivity contribution is -0.187. The van der Waals surface area contributed by atoms with Gasteiger partial charge in [-0.3, -0.25) is 19.3 Å². The molecule has 1 saturated heterocycles. The molecule has 2 bridgehead atoms. The minimum Gasteiger partial charge on any atom is -0.507 e. The molecule has 2 saturated carbocycles. The number of hydrogen-bond acceptors (Lipinski definition) is 11. The number of nitrogens with zero attached hydrogens (tertiary/aromatic N) is 1. The molecule has 5 aromatic carbocycles. The van der Waals surface area contributed by atoms with Gasteiger partial charge < -0.3 is 34.6 Å². The zero-order chi connectivity index (χ0) is 47.4. The van der Waals surface area contributed by atoms with E-state index in [0.29, 0.717) is 49.0 Å². The van der Waals surface area contributed by atoms with Crippen LogP contribution < -0.4 is 9.47 Å². The lowest BCUT2D eigenvalue weighted by Crippen LogP contribution is -2.76. The highest BCUT2D eigenvalue weighted by molar-refractivity contribution is 6.15. The molecule has 0 radical (unpaired) electrons. The number of carbonyl (C=O) groups excluding carboxylic acids is 3. The molecule has 2 heterocycles. The first-order chi connectivity index (χ1) is 32.1. The third-order valence-electron chi connectivity index (χ3n) is 14.8. The maximum absolute atomic E-state index is 12.6. The number of ether oxygens (including phenoxy) is 3. The Balaban J connectivity index is 0.000000129. The second-order valence-corrected chi connectivity index (χ2v) is 19.4. The molecule has 346 valence electrons. The maximum atomic E-state index is 12.6. The van der Waals surface area contributed by atoms with Crippen molar-refractivity contribution in [3.05, 3.63) is 166 Å². The second kappa shape index (κ2) is 17.5. The van der Waals surface area contributed by atoms with E-state index in [0.717, 1.165) is 52.4 Å². The third-order valence-corrected chi connectivity index (χ3v) is 14.8. The van der Waals surface area contributed by atoms with Gasteiger partial charge in [-0.05, 0) is 116 Å². The zero-order valence-electron chi connectivity index (χ0n) is 38.3. The molecular weight excluding hydrogens is 847 g/mol. The minimum atomic E-state index is -1.00. The molecule has 4 N–H and O–H groups in total. The standard InChI is InChI=1S/C23H26O3.C19H21NO4.C14H10O3/c1-16(2)13-20-21(23(20,3)4)22(24)25-15-17-9-8-12-19(14-17)26-18-10-6-5-7-11-18;1-2-8-20-9-7-18-15-11-3-4-12(21)16(15)24-17(18)13(22)5-6-19(18,23)14(20)10-11;15-10-5-1-3-8-7-9-4-2-6-11(16)13(9)14(17)12(8)10/h5-14,20-21H,15H2,1-4H3;2-4,14,17,21,23H,1,5-10H2;1-6,15-16H,7H2/t;14-,17+,18+,19-;/m.1./s1. The van der Waals surface area contributed by atoms with E-state index in [2.05, 4.69) is 45.2 Å². The second-order valence-electron chi connectivity index (χ2n) is 19.4. The van der Waals surface area contributed by atoms with Crippen molar-refractivity contribution in [2.75, 3.05) is 13.1 Å². The summed E-state index contributed by atoms with van der Waals surface area (Å²) in [7, 11) is 0. The molecule has 6 aliphatic rings. The highest BCUT2D eigenvalue weighted by Crippen LogP contribution is 2.65. The number of para-hydroxylation sites is 1. The lowest BCUT2D eigenvalue weighted by Gasteiger charge is -2.62. The van der Waals surface area contributed by atoms with E-state index in [1.165, 1.54) is 17.7 Å². The number of phenolic OH excluding ortho intramolecular Hbond substituents is 3. The number of phenols is 3. The van der Waals surface area contributed by atoms with Crippen molar-refractivity contribution in [2.24, 2.45) is 17.3 Å². The summed E-state index contributed by atoms with van der Waals surface area (Å²) in [6, 6.07) is 30.9. The molecule has 11 heteroatoms. The molecule has 4 aliphatic carbocycles. The predicted molar refractivity (Wildman–Crippen MR) is 253 cm³/mol. The monoisotopic (exact) mass is 903 g/mol. The van der Waals surface area contributed by atoms with Crippen molar-refractivity contribution >= 4 is 17.5 Å². The molecular formula is C56H57NO10. The van der Waals surface area contributed by atoms with Crippen LogP contribution in [-0.4, -0.2) is 73.7 Å². The Morgan fingerprint density at radius 2 is 1.51 bits per heavy atom. The van der Waals surface area contributed by atoms with Crippen LogP contribution >= 0.6 is 0 Å². The van der Waals surface area contributed by atoms with Crippen LogP contribution in [0.5, 0.6) is 34.5 Å². The fourth-order valence-corrected chi connectivity index (χ4v) is 11.5. The maximum Gasteiger partial charge on any atom is 0.310 e. The molecule has 11 nitrogen and oxygen atoms in total. The van der Waals surface area contributed by atoms with Crippen LogP contribution in [0, 0.1) is 17.3 Å². The van der Waals surface area contributed by atoms with Gasteiger partial charge >= 0.3 is 5.97 Å². The van der Waals surface area contributed by atoms with E-state index in [4.69, 9.17) is 14.2 Å². The van der Waals surface area contributed by atoms with E-state index in [9.17, 15) is 34.8 Å². The van der Waals surface area contributed by atoms with Crippen LogP contribution in [0.25, 0.3) is 0 Å². The highest BCUT2D eigenvalue weighted by atomic mass is 16.5. The Morgan fingerprint density at radius 1 is 0.836 bits per heavy atom. The molecule has 5 aromatic rings. The van der Waals surface area contributed by atoms with Crippen LogP contribution in [0.2, 0.25) is 0 Å². The first-order valence-electron chi connectivity index (χ1n) is 23.0. The summed E-state index contributed by atoms with van der Waals surface area (Å²) in [5.74, 6) is 1.78. The van der Waals surface area contributed by atoms with E-state index in [-0.39, 0.29) is 64.7 Å². The fraction of sp³-hybridized carbons (Fsp3) is 0.339. The van der Waals surface area contributed by atoms with E-state index >= 15 is 0 Å². The number of Topliss-reactive ketones (excluding diaryl/α,β-unsaturated/α-hetero) is 1. The molecule has 2 unspecified atom stereocenters. The number of benzene rings is 5. The minimum absolute atomic E-state index is 0.0212. The summed E-state index contributed by atoms with van der Waals surface area (Å²) in [5, 5.41) is 41.6. The zero-order valence-corrected chi connectivity index (χ0v) is 38.3. The third kappa shape index (κ3) is 7.87. The van der Waals surface area contributed by atoms with Crippen LogP contribution in [0.1, 0.15) is 90.7 Å². The van der Waals surface area contributed by atoms with Gasteiger partial charge in [-0.1, -0.05) is 92.2 Å². The Hall–Kier alpha value is -6.69. The fourth-order valence-electron chi connectivity index (χ4n) is 11.5. The van der Waals surface area contributed by atoms with Crippen LogP contribution in [0.3, 0.4) is 0 Å². The number of esters is 1. The van der Waals surface area contributed by atoms with Crippen molar-refractivity contribution < 1.29 is 49.0 Å². The van der Waals surface area contributed by atoms with Gasteiger partial charge in [0.15, 0.2) is 23.4 Å². The summed E-state index contributed by atoms with van der Waals surface area (Å²) < 4.78 is 17.4.